The zero-order valence-corrected chi connectivity index (χ0v) is 16.2. The van der Waals surface area contributed by atoms with Crippen LogP contribution in [0.2, 0.25) is 0 Å². The molecule has 146 valence electrons. The van der Waals surface area contributed by atoms with E-state index in [1.54, 1.807) is 12.0 Å². The van der Waals surface area contributed by atoms with E-state index in [4.69, 9.17) is 4.74 Å². The molecular formula is C23H26N2O3. The van der Waals surface area contributed by atoms with Gasteiger partial charge in [-0.05, 0) is 30.5 Å². The Morgan fingerprint density at radius 1 is 1.18 bits per heavy atom. The van der Waals surface area contributed by atoms with Gasteiger partial charge in [-0.15, -0.1) is 0 Å². The molecule has 4 rings (SSSR count). The summed E-state index contributed by atoms with van der Waals surface area (Å²) >= 11 is 0. The third-order valence-corrected chi connectivity index (χ3v) is 6.16. The van der Waals surface area contributed by atoms with Crippen molar-refractivity contribution in [3.05, 3.63) is 60.2 Å². The van der Waals surface area contributed by atoms with Crippen molar-refractivity contribution in [1.29, 1.82) is 0 Å². The summed E-state index contributed by atoms with van der Waals surface area (Å²) in [5.74, 6) is 0.343. The van der Waals surface area contributed by atoms with Gasteiger partial charge in [-0.3, -0.25) is 9.59 Å². The minimum atomic E-state index is -0.313. The van der Waals surface area contributed by atoms with Gasteiger partial charge >= 0.3 is 0 Å². The molecule has 28 heavy (non-hydrogen) atoms. The Balaban J connectivity index is 1.40. The fourth-order valence-corrected chi connectivity index (χ4v) is 4.27. The molecule has 1 saturated heterocycles. The quantitative estimate of drug-likeness (QED) is 0.839. The van der Waals surface area contributed by atoms with Crippen molar-refractivity contribution < 1.29 is 14.3 Å². The van der Waals surface area contributed by atoms with Crippen molar-refractivity contribution in [3.8, 4) is 5.75 Å². The predicted octanol–water partition coefficient (Wildman–Crippen LogP) is 3.29. The van der Waals surface area contributed by atoms with Crippen molar-refractivity contribution in [3.63, 3.8) is 0 Å². The Hall–Kier alpha value is -2.82. The Morgan fingerprint density at radius 3 is 2.64 bits per heavy atom. The molecule has 1 N–H and O–H groups in total. The number of carbonyl (C=O) groups is 2. The molecule has 5 heteroatoms. The summed E-state index contributed by atoms with van der Waals surface area (Å²) < 4.78 is 5.24. The fraction of sp³-hybridized carbons (Fsp3) is 0.391. The topological polar surface area (TPSA) is 58.6 Å². The standard InChI is InChI=1S/C23H26N2O3/c1-28-20-10-5-9-19(14-20)25-15-17(13-21(25)26)22(27)24-16-23(11-6-12-23)18-7-3-2-4-8-18/h2-5,7-10,14,17H,6,11-13,15-16H2,1H3,(H,24,27). The Bertz CT molecular complexity index is 861. The summed E-state index contributed by atoms with van der Waals surface area (Å²) in [6.45, 7) is 1.05. The van der Waals surface area contributed by atoms with Crippen LogP contribution in [0, 0.1) is 5.92 Å². The van der Waals surface area contributed by atoms with Gasteiger partial charge in [0.15, 0.2) is 0 Å². The van der Waals surface area contributed by atoms with Gasteiger partial charge in [0, 0.05) is 36.7 Å². The molecule has 1 atom stereocenters. The highest BCUT2D eigenvalue weighted by atomic mass is 16.5. The molecule has 5 nitrogen and oxygen atoms in total. The minimum Gasteiger partial charge on any atom is -0.497 e. The summed E-state index contributed by atoms with van der Waals surface area (Å²) in [4.78, 5) is 27.0. The van der Waals surface area contributed by atoms with Crippen LogP contribution >= 0.6 is 0 Å². The number of nitrogens with one attached hydrogen (secondary N) is 1. The Morgan fingerprint density at radius 2 is 1.96 bits per heavy atom. The zero-order valence-electron chi connectivity index (χ0n) is 16.2. The Kier molecular flexibility index (Phi) is 5.07. The first kappa shape index (κ1) is 18.5. The van der Waals surface area contributed by atoms with Crippen LogP contribution in [0.5, 0.6) is 5.75 Å². The minimum absolute atomic E-state index is 0.0187. The van der Waals surface area contributed by atoms with Gasteiger partial charge in [-0.1, -0.05) is 42.8 Å². The number of anilines is 1. The van der Waals surface area contributed by atoms with Gasteiger partial charge in [-0.25, -0.2) is 0 Å². The number of hydrogen-bond donors (Lipinski definition) is 1. The summed E-state index contributed by atoms with van der Waals surface area (Å²) in [5.41, 5.74) is 2.12. The van der Waals surface area contributed by atoms with Crippen molar-refractivity contribution in [2.45, 2.75) is 31.1 Å². The number of nitrogens with zero attached hydrogens (tertiary/aromatic N) is 1. The predicted molar refractivity (Wildman–Crippen MR) is 108 cm³/mol. The maximum atomic E-state index is 12.8. The molecule has 1 aliphatic heterocycles. The van der Waals surface area contributed by atoms with Crippen molar-refractivity contribution in [2.75, 3.05) is 25.1 Å². The summed E-state index contributed by atoms with van der Waals surface area (Å²) in [6.07, 6.45) is 3.63. The average molecular weight is 378 g/mol. The number of ether oxygens (including phenoxy) is 1. The van der Waals surface area contributed by atoms with E-state index in [1.165, 1.54) is 12.0 Å². The van der Waals surface area contributed by atoms with Crippen LogP contribution < -0.4 is 15.0 Å². The molecule has 1 aliphatic carbocycles. The largest absolute Gasteiger partial charge is 0.497 e. The fourth-order valence-electron chi connectivity index (χ4n) is 4.27. The molecule has 2 aromatic carbocycles. The molecule has 0 aromatic heterocycles. The van der Waals surface area contributed by atoms with Crippen LogP contribution in [-0.2, 0) is 15.0 Å². The van der Waals surface area contributed by atoms with Crippen molar-refractivity contribution >= 4 is 17.5 Å². The number of methoxy groups -OCH3 is 1. The van der Waals surface area contributed by atoms with Gasteiger partial charge in [0.25, 0.3) is 0 Å². The average Bonchev–Trinajstić information content (AvgIpc) is 3.10. The second-order valence-electron chi connectivity index (χ2n) is 7.82. The first-order valence-corrected chi connectivity index (χ1v) is 9.89. The third-order valence-electron chi connectivity index (χ3n) is 6.16. The lowest BCUT2D eigenvalue weighted by molar-refractivity contribution is -0.126. The van der Waals surface area contributed by atoms with E-state index in [0.717, 1.165) is 18.5 Å². The third kappa shape index (κ3) is 3.49. The van der Waals surface area contributed by atoms with E-state index < -0.39 is 0 Å². The van der Waals surface area contributed by atoms with Gasteiger partial charge in [0.1, 0.15) is 5.75 Å². The first-order valence-electron chi connectivity index (χ1n) is 9.89. The van der Waals surface area contributed by atoms with E-state index in [0.29, 0.717) is 18.8 Å². The van der Waals surface area contributed by atoms with Crippen LogP contribution in [0.15, 0.2) is 54.6 Å². The number of hydrogen-bond acceptors (Lipinski definition) is 3. The highest BCUT2D eigenvalue weighted by Crippen LogP contribution is 2.43. The van der Waals surface area contributed by atoms with E-state index in [1.807, 2.05) is 30.3 Å². The number of rotatable bonds is 6. The number of benzene rings is 2. The van der Waals surface area contributed by atoms with Crippen LogP contribution in [0.3, 0.4) is 0 Å². The molecule has 2 aliphatic rings. The summed E-state index contributed by atoms with van der Waals surface area (Å²) in [6, 6.07) is 17.8. The van der Waals surface area contributed by atoms with Crippen molar-refractivity contribution in [2.24, 2.45) is 5.92 Å². The number of amides is 2. The molecular weight excluding hydrogens is 352 g/mol. The number of carbonyl (C=O) groups excluding carboxylic acids is 2. The smallest absolute Gasteiger partial charge is 0.227 e. The van der Waals surface area contributed by atoms with Crippen LogP contribution in [0.4, 0.5) is 5.69 Å². The van der Waals surface area contributed by atoms with Gasteiger partial charge in [-0.2, -0.15) is 0 Å². The monoisotopic (exact) mass is 378 g/mol. The van der Waals surface area contributed by atoms with E-state index >= 15 is 0 Å². The summed E-state index contributed by atoms with van der Waals surface area (Å²) in [7, 11) is 1.60. The molecule has 1 unspecified atom stereocenters. The SMILES string of the molecule is COc1cccc(N2CC(C(=O)NCC3(c4ccccc4)CCC3)CC2=O)c1. The molecule has 2 amide bonds. The maximum absolute atomic E-state index is 12.8. The molecule has 0 bridgehead atoms. The highest BCUT2D eigenvalue weighted by molar-refractivity contribution is 6.00. The highest BCUT2D eigenvalue weighted by Gasteiger charge is 2.40. The van der Waals surface area contributed by atoms with Crippen LogP contribution in [0.1, 0.15) is 31.2 Å². The van der Waals surface area contributed by atoms with Crippen LogP contribution in [0.25, 0.3) is 0 Å². The first-order chi connectivity index (χ1) is 13.6. The summed E-state index contributed by atoms with van der Waals surface area (Å²) in [5, 5.41) is 3.14. The lowest BCUT2D eigenvalue weighted by atomic mass is 9.64. The Labute approximate surface area is 165 Å². The molecule has 0 spiro atoms. The van der Waals surface area contributed by atoms with E-state index in [9.17, 15) is 9.59 Å². The van der Waals surface area contributed by atoms with Gasteiger partial charge < -0.3 is 15.0 Å². The molecule has 2 fully saturated rings. The molecule has 0 radical (unpaired) electrons. The molecule has 2 aromatic rings. The second-order valence-corrected chi connectivity index (χ2v) is 7.82. The van der Waals surface area contributed by atoms with Gasteiger partial charge in [0.05, 0.1) is 13.0 Å². The lowest BCUT2D eigenvalue weighted by Gasteiger charge is -2.42. The molecule has 1 heterocycles. The maximum Gasteiger partial charge on any atom is 0.227 e. The second kappa shape index (κ2) is 7.66. The van der Waals surface area contributed by atoms with Gasteiger partial charge in [0.2, 0.25) is 11.8 Å². The van der Waals surface area contributed by atoms with Crippen LogP contribution in [-0.4, -0.2) is 32.0 Å². The normalized spacial score (nSPS) is 20.5. The lowest BCUT2D eigenvalue weighted by Crippen LogP contribution is -2.47. The van der Waals surface area contributed by atoms with E-state index in [2.05, 4.69) is 29.6 Å². The zero-order chi connectivity index (χ0) is 19.6. The molecule has 1 saturated carbocycles. The van der Waals surface area contributed by atoms with E-state index in [-0.39, 0.29) is 29.6 Å². The van der Waals surface area contributed by atoms with Crippen molar-refractivity contribution in [1.82, 2.24) is 5.32 Å².